The van der Waals surface area contributed by atoms with Gasteiger partial charge in [-0.1, -0.05) is 6.92 Å². The third-order valence-electron chi connectivity index (χ3n) is 1.71. The Kier molecular flexibility index (Phi) is 3.39. The van der Waals surface area contributed by atoms with E-state index >= 15 is 0 Å². The van der Waals surface area contributed by atoms with Crippen LogP contribution in [0.3, 0.4) is 0 Å². The van der Waals surface area contributed by atoms with Crippen LogP contribution in [-0.4, -0.2) is 22.5 Å². The lowest BCUT2D eigenvalue weighted by atomic mass is 10.2. The van der Waals surface area contributed by atoms with Crippen LogP contribution >= 0.6 is 0 Å². The number of hydrogen-bond acceptors (Lipinski definition) is 5. The lowest BCUT2D eigenvalue weighted by Gasteiger charge is -2.06. The molecule has 0 unspecified atom stereocenters. The number of nitrogen functional groups attached to an aromatic ring is 1. The second-order valence-electron chi connectivity index (χ2n) is 2.86. The number of aromatic nitrogens is 2. The molecule has 0 radical (unpaired) electrons. The number of hydrogen-bond donors (Lipinski definition) is 1. The van der Waals surface area contributed by atoms with Gasteiger partial charge in [0.1, 0.15) is 17.7 Å². The van der Waals surface area contributed by atoms with E-state index in [0.717, 1.165) is 6.42 Å². The van der Waals surface area contributed by atoms with Gasteiger partial charge in [-0.3, -0.25) is 0 Å². The Bertz CT molecular complexity index is 319. The van der Waals surface area contributed by atoms with Crippen LogP contribution in [0.15, 0.2) is 6.33 Å². The summed E-state index contributed by atoms with van der Waals surface area (Å²) in [6.45, 7) is 4.00. The maximum Gasteiger partial charge on any atom is 0.343 e. The van der Waals surface area contributed by atoms with Gasteiger partial charge in [0.15, 0.2) is 0 Å². The number of carbonyl (C=O) groups excluding carboxylic acids is 1. The summed E-state index contributed by atoms with van der Waals surface area (Å²) >= 11 is 0. The quantitative estimate of drug-likeness (QED) is 0.726. The average Bonchev–Trinajstić information content (AvgIpc) is 2.14. The zero-order chi connectivity index (χ0) is 10.6. The van der Waals surface area contributed by atoms with E-state index < -0.39 is 5.97 Å². The first kappa shape index (κ1) is 10.4. The maximum absolute atomic E-state index is 11.5. The molecule has 1 aromatic rings. The summed E-state index contributed by atoms with van der Waals surface area (Å²) in [6, 6.07) is 0. The number of esters is 1. The van der Waals surface area contributed by atoms with Gasteiger partial charge in [0, 0.05) is 0 Å². The zero-order valence-electron chi connectivity index (χ0n) is 8.28. The van der Waals surface area contributed by atoms with Gasteiger partial charge in [0.2, 0.25) is 0 Å². The van der Waals surface area contributed by atoms with Crippen LogP contribution in [0.25, 0.3) is 0 Å². The Balaban J connectivity index is 2.89. The molecule has 0 spiro atoms. The van der Waals surface area contributed by atoms with Crippen LogP contribution in [0.5, 0.6) is 0 Å². The van der Waals surface area contributed by atoms with Crippen molar-refractivity contribution < 1.29 is 9.53 Å². The molecule has 1 aromatic heterocycles. The fraction of sp³-hybridized carbons (Fsp3) is 0.444. The van der Waals surface area contributed by atoms with Gasteiger partial charge in [-0.25, -0.2) is 14.8 Å². The number of nitrogens with zero attached hydrogens (tertiary/aromatic N) is 2. The van der Waals surface area contributed by atoms with Gasteiger partial charge in [-0.2, -0.15) is 0 Å². The fourth-order valence-electron chi connectivity index (χ4n) is 1.01. The molecule has 1 heterocycles. The molecule has 76 valence electrons. The minimum absolute atomic E-state index is 0.165. The van der Waals surface area contributed by atoms with Gasteiger partial charge in [0.05, 0.1) is 12.3 Å². The number of nitrogens with two attached hydrogens (primary N) is 1. The first-order valence-corrected chi connectivity index (χ1v) is 4.41. The summed E-state index contributed by atoms with van der Waals surface area (Å²) in [5.74, 6) is -0.291. The number of carbonyl (C=O) groups is 1. The largest absolute Gasteiger partial charge is 0.462 e. The van der Waals surface area contributed by atoms with Crippen molar-refractivity contribution in [1.82, 2.24) is 9.97 Å². The Hall–Kier alpha value is -1.65. The van der Waals surface area contributed by atoms with Crippen molar-refractivity contribution in [3.8, 4) is 0 Å². The van der Waals surface area contributed by atoms with Crippen molar-refractivity contribution in [3.05, 3.63) is 17.6 Å². The molecule has 0 atom stereocenters. The first-order valence-electron chi connectivity index (χ1n) is 4.41. The van der Waals surface area contributed by atoms with Crippen LogP contribution < -0.4 is 5.73 Å². The molecule has 0 aliphatic heterocycles. The highest BCUT2D eigenvalue weighted by Gasteiger charge is 2.15. The molecule has 0 saturated heterocycles. The van der Waals surface area contributed by atoms with Crippen molar-refractivity contribution in [2.45, 2.75) is 20.3 Å². The molecule has 2 N–H and O–H groups in total. The minimum atomic E-state index is -0.456. The molecule has 0 amide bonds. The van der Waals surface area contributed by atoms with E-state index in [2.05, 4.69) is 9.97 Å². The van der Waals surface area contributed by atoms with E-state index in [9.17, 15) is 4.79 Å². The molecule has 5 heteroatoms. The maximum atomic E-state index is 11.5. The Morgan fingerprint density at radius 2 is 2.29 bits per heavy atom. The summed E-state index contributed by atoms with van der Waals surface area (Å²) in [6.07, 6.45) is 2.10. The molecule has 0 saturated carbocycles. The third-order valence-corrected chi connectivity index (χ3v) is 1.71. The van der Waals surface area contributed by atoms with Gasteiger partial charge < -0.3 is 10.5 Å². The summed E-state index contributed by atoms with van der Waals surface area (Å²) in [4.78, 5) is 19.1. The van der Waals surface area contributed by atoms with E-state index in [4.69, 9.17) is 10.5 Å². The van der Waals surface area contributed by atoms with Crippen molar-refractivity contribution >= 4 is 11.8 Å². The lowest BCUT2D eigenvalue weighted by Crippen LogP contribution is -2.12. The van der Waals surface area contributed by atoms with E-state index in [1.807, 2.05) is 6.92 Å². The predicted octanol–water partition coefficient (Wildman–Crippen LogP) is 0.934. The molecule has 0 fully saturated rings. The standard InChI is InChI=1S/C9H13N3O2/c1-3-4-14-9(13)7-6(2)11-5-12-8(7)10/h5H,3-4H2,1-2H3,(H2,10,11,12). The monoisotopic (exact) mass is 195 g/mol. The average molecular weight is 195 g/mol. The molecular formula is C9H13N3O2. The zero-order valence-corrected chi connectivity index (χ0v) is 8.28. The number of rotatable bonds is 3. The van der Waals surface area contributed by atoms with E-state index in [0.29, 0.717) is 12.3 Å². The normalized spacial score (nSPS) is 9.86. The SMILES string of the molecule is CCCOC(=O)c1c(C)ncnc1N. The summed E-state index contributed by atoms with van der Waals surface area (Å²) in [5.41, 5.74) is 6.35. The van der Waals surface area contributed by atoms with Crippen molar-refractivity contribution in [1.29, 1.82) is 0 Å². The highest BCUT2D eigenvalue weighted by molar-refractivity contribution is 5.95. The molecule has 1 rings (SSSR count). The van der Waals surface area contributed by atoms with Crippen molar-refractivity contribution in [3.63, 3.8) is 0 Å². The number of anilines is 1. The lowest BCUT2D eigenvalue weighted by molar-refractivity contribution is 0.0504. The summed E-state index contributed by atoms with van der Waals surface area (Å²) in [7, 11) is 0. The molecule has 0 aromatic carbocycles. The first-order chi connectivity index (χ1) is 6.66. The fourth-order valence-corrected chi connectivity index (χ4v) is 1.01. The highest BCUT2D eigenvalue weighted by atomic mass is 16.5. The Labute approximate surface area is 82.3 Å². The topological polar surface area (TPSA) is 78.1 Å². The molecule has 0 aliphatic carbocycles. The molecule has 5 nitrogen and oxygen atoms in total. The van der Waals surface area contributed by atoms with Gasteiger partial charge >= 0.3 is 5.97 Å². The van der Waals surface area contributed by atoms with Gasteiger partial charge in [-0.15, -0.1) is 0 Å². The molecule has 14 heavy (non-hydrogen) atoms. The molecular weight excluding hydrogens is 182 g/mol. The predicted molar refractivity (Wildman–Crippen MR) is 51.8 cm³/mol. The molecule has 0 bridgehead atoms. The van der Waals surface area contributed by atoms with Gasteiger partial charge in [0.25, 0.3) is 0 Å². The van der Waals surface area contributed by atoms with Crippen LogP contribution in [0, 0.1) is 6.92 Å². The number of ether oxygens (including phenoxy) is 1. The number of aryl methyl sites for hydroxylation is 1. The van der Waals surface area contributed by atoms with Crippen LogP contribution in [0.4, 0.5) is 5.82 Å². The summed E-state index contributed by atoms with van der Waals surface area (Å²) in [5, 5.41) is 0. The van der Waals surface area contributed by atoms with Crippen molar-refractivity contribution in [2.24, 2.45) is 0 Å². The minimum Gasteiger partial charge on any atom is -0.462 e. The van der Waals surface area contributed by atoms with Crippen LogP contribution in [0.2, 0.25) is 0 Å². The van der Waals surface area contributed by atoms with E-state index in [1.54, 1.807) is 6.92 Å². The van der Waals surface area contributed by atoms with Crippen LogP contribution in [-0.2, 0) is 4.74 Å². The van der Waals surface area contributed by atoms with E-state index in [-0.39, 0.29) is 11.4 Å². The van der Waals surface area contributed by atoms with Crippen molar-refractivity contribution in [2.75, 3.05) is 12.3 Å². The van der Waals surface area contributed by atoms with Gasteiger partial charge in [-0.05, 0) is 13.3 Å². The smallest absolute Gasteiger partial charge is 0.343 e. The molecule has 0 aliphatic rings. The van der Waals surface area contributed by atoms with E-state index in [1.165, 1.54) is 6.33 Å². The highest BCUT2D eigenvalue weighted by Crippen LogP contribution is 2.12. The Morgan fingerprint density at radius 3 is 2.86 bits per heavy atom. The second-order valence-corrected chi connectivity index (χ2v) is 2.86. The summed E-state index contributed by atoms with van der Waals surface area (Å²) < 4.78 is 4.94. The second kappa shape index (κ2) is 4.55. The Morgan fingerprint density at radius 1 is 1.57 bits per heavy atom. The van der Waals surface area contributed by atoms with Crippen LogP contribution in [0.1, 0.15) is 29.4 Å². The third kappa shape index (κ3) is 2.18.